The summed E-state index contributed by atoms with van der Waals surface area (Å²) < 4.78 is 11.2. The molecule has 2 N–H and O–H groups in total. The number of aromatic amines is 2. The van der Waals surface area contributed by atoms with Crippen molar-refractivity contribution < 1.29 is 14.4 Å². The molecule has 26 heavy (non-hydrogen) atoms. The molecule has 0 aliphatic carbocycles. The van der Waals surface area contributed by atoms with Crippen molar-refractivity contribution in [2.24, 2.45) is 0 Å². The SMILES string of the molecule is C#CCOc1c(Br)cc(C=Cc2[nH]c(=O)[nH]c(=O)c2[N+](=O)[O-])cc1OC. The smallest absolute Gasteiger partial charge is 0.357 e. The molecule has 0 radical (unpaired) electrons. The third-order valence-corrected chi connectivity index (χ3v) is 3.71. The van der Waals surface area contributed by atoms with Gasteiger partial charge in [-0.05, 0) is 39.7 Å². The molecule has 0 amide bonds. The molecule has 0 atom stereocenters. The predicted molar refractivity (Wildman–Crippen MR) is 98.3 cm³/mol. The molecule has 0 saturated heterocycles. The van der Waals surface area contributed by atoms with Gasteiger partial charge < -0.3 is 14.5 Å². The molecule has 9 nitrogen and oxygen atoms in total. The molecule has 134 valence electrons. The van der Waals surface area contributed by atoms with Crippen LogP contribution in [0, 0.1) is 22.5 Å². The van der Waals surface area contributed by atoms with Gasteiger partial charge in [-0.2, -0.15) is 0 Å². The number of nitrogens with zero attached hydrogens (tertiary/aromatic N) is 1. The van der Waals surface area contributed by atoms with Crippen molar-refractivity contribution in [1.82, 2.24) is 9.97 Å². The van der Waals surface area contributed by atoms with Crippen LogP contribution < -0.4 is 20.7 Å². The molecular weight excluding hydrogens is 410 g/mol. The van der Waals surface area contributed by atoms with Crippen molar-refractivity contribution in [3.05, 3.63) is 58.8 Å². The van der Waals surface area contributed by atoms with Crippen molar-refractivity contribution in [1.29, 1.82) is 0 Å². The van der Waals surface area contributed by atoms with Crippen LogP contribution in [0.5, 0.6) is 11.5 Å². The van der Waals surface area contributed by atoms with E-state index in [0.717, 1.165) is 0 Å². The third-order valence-electron chi connectivity index (χ3n) is 3.12. The molecule has 1 aromatic carbocycles. The predicted octanol–water partition coefficient (Wildman–Crippen LogP) is 1.92. The van der Waals surface area contributed by atoms with Crippen LogP contribution in [0.15, 0.2) is 26.2 Å². The molecule has 1 heterocycles. The van der Waals surface area contributed by atoms with E-state index >= 15 is 0 Å². The normalized spacial score (nSPS) is 10.5. The average Bonchev–Trinajstić information content (AvgIpc) is 2.57. The van der Waals surface area contributed by atoms with Crippen LogP contribution in [0.3, 0.4) is 0 Å². The number of benzene rings is 1. The molecule has 2 aromatic rings. The zero-order valence-electron chi connectivity index (χ0n) is 13.4. The number of ether oxygens (including phenoxy) is 2. The molecule has 0 unspecified atom stereocenters. The summed E-state index contributed by atoms with van der Waals surface area (Å²) in [5.41, 5.74) is -2.36. The maximum Gasteiger partial charge on any atom is 0.357 e. The van der Waals surface area contributed by atoms with E-state index in [1.165, 1.54) is 19.3 Å². The fraction of sp³-hybridized carbons (Fsp3) is 0.125. The highest BCUT2D eigenvalue weighted by Crippen LogP contribution is 2.37. The topological polar surface area (TPSA) is 127 Å². The summed E-state index contributed by atoms with van der Waals surface area (Å²) in [5, 5.41) is 11.0. The number of nitrogens with one attached hydrogen (secondary N) is 2. The number of methoxy groups -OCH3 is 1. The summed E-state index contributed by atoms with van der Waals surface area (Å²) in [6.45, 7) is 0.0460. The summed E-state index contributed by atoms with van der Waals surface area (Å²) in [5.74, 6) is 3.12. The lowest BCUT2D eigenvalue weighted by Crippen LogP contribution is -2.25. The molecule has 0 spiro atoms. The lowest BCUT2D eigenvalue weighted by Gasteiger charge is -2.11. The lowest BCUT2D eigenvalue weighted by atomic mass is 10.1. The van der Waals surface area contributed by atoms with Gasteiger partial charge in [-0.15, -0.1) is 6.42 Å². The molecule has 0 aliphatic heterocycles. The second kappa shape index (κ2) is 8.17. The van der Waals surface area contributed by atoms with Gasteiger partial charge in [0.1, 0.15) is 12.3 Å². The highest BCUT2D eigenvalue weighted by molar-refractivity contribution is 9.10. The third kappa shape index (κ3) is 4.20. The Morgan fingerprint density at radius 1 is 1.35 bits per heavy atom. The minimum Gasteiger partial charge on any atom is -0.493 e. The Bertz CT molecular complexity index is 1030. The van der Waals surface area contributed by atoms with Gasteiger partial charge in [-0.1, -0.05) is 12.0 Å². The van der Waals surface area contributed by atoms with E-state index < -0.39 is 21.9 Å². The zero-order chi connectivity index (χ0) is 19.3. The van der Waals surface area contributed by atoms with E-state index in [9.17, 15) is 19.7 Å². The maximum atomic E-state index is 11.6. The first-order valence-corrected chi connectivity index (χ1v) is 7.79. The van der Waals surface area contributed by atoms with E-state index in [1.54, 1.807) is 12.1 Å². The molecule has 0 fully saturated rings. The van der Waals surface area contributed by atoms with Crippen molar-refractivity contribution >= 4 is 33.8 Å². The summed E-state index contributed by atoms with van der Waals surface area (Å²) in [6, 6.07) is 3.26. The monoisotopic (exact) mass is 421 g/mol. The van der Waals surface area contributed by atoms with Gasteiger partial charge in [0.2, 0.25) is 0 Å². The van der Waals surface area contributed by atoms with Gasteiger partial charge in [0.25, 0.3) is 0 Å². The Hall–Kier alpha value is -3.32. The van der Waals surface area contributed by atoms with Crippen molar-refractivity contribution in [3.63, 3.8) is 0 Å². The molecular formula is C16H12BrN3O6. The van der Waals surface area contributed by atoms with Gasteiger partial charge in [-0.3, -0.25) is 19.9 Å². The molecule has 1 aromatic heterocycles. The quantitative estimate of drug-likeness (QED) is 0.416. The van der Waals surface area contributed by atoms with Crippen LogP contribution >= 0.6 is 15.9 Å². The number of terminal acetylenes is 1. The minimum absolute atomic E-state index is 0.0460. The lowest BCUT2D eigenvalue weighted by molar-refractivity contribution is -0.386. The summed E-state index contributed by atoms with van der Waals surface area (Å²) in [7, 11) is 1.44. The molecule has 0 aliphatic rings. The average molecular weight is 422 g/mol. The van der Waals surface area contributed by atoms with Crippen LogP contribution in [0.1, 0.15) is 11.3 Å². The first-order valence-electron chi connectivity index (χ1n) is 7.00. The Morgan fingerprint density at radius 3 is 2.69 bits per heavy atom. The summed E-state index contributed by atoms with van der Waals surface area (Å²) in [4.78, 5) is 37.2. The number of rotatable bonds is 6. The number of nitro groups is 1. The van der Waals surface area contributed by atoms with Gasteiger partial charge >= 0.3 is 16.9 Å². The van der Waals surface area contributed by atoms with Gasteiger partial charge in [0, 0.05) is 0 Å². The van der Waals surface area contributed by atoms with Gasteiger partial charge in [0.15, 0.2) is 11.5 Å². The van der Waals surface area contributed by atoms with Crippen LogP contribution in [-0.4, -0.2) is 28.6 Å². The fourth-order valence-corrected chi connectivity index (χ4v) is 2.64. The van der Waals surface area contributed by atoms with E-state index in [-0.39, 0.29) is 12.3 Å². The Morgan fingerprint density at radius 2 is 2.08 bits per heavy atom. The van der Waals surface area contributed by atoms with E-state index in [1.807, 2.05) is 4.98 Å². The van der Waals surface area contributed by atoms with Crippen LogP contribution in [0.2, 0.25) is 0 Å². The second-order valence-electron chi connectivity index (χ2n) is 4.79. The number of aromatic nitrogens is 2. The first-order chi connectivity index (χ1) is 12.4. The zero-order valence-corrected chi connectivity index (χ0v) is 15.0. The highest BCUT2D eigenvalue weighted by Gasteiger charge is 2.19. The van der Waals surface area contributed by atoms with Crippen molar-refractivity contribution in [2.45, 2.75) is 0 Å². The van der Waals surface area contributed by atoms with Gasteiger partial charge in [-0.25, -0.2) is 4.79 Å². The molecule has 0 saturated carbocycles. The fourth-order valence-electron chi connectivity index (χ4n) is 2.07. The standard InChI is InChI=1S/C16H12BrN3O6/c1-3-6-26-14-10(17)7-9(8-12(14)25-2)4-5-11-13(20(23)24)15(21)19-16(22)18-11/h1,4-5,7-8H,6H2,2H3,(H2,18,19,21,22). The highest BCUT2D eigenvalue weighted by atomic mass is 79.9. The van der Waals surface area contributed by atoms with Crippen molar-refractivity contribution in [3.8, 4) is 23.8 Å². The van der Waals surface area contributed by atoms with E-state index in [4.69, 9.17) is 15.9 Å². The maximum absolute atomic E-state index is 11.6. The number of hydrogen-bond donors (Lipinski definition) is 2. The first kappa shape index (κ1) is 19.0. The van der Waals surface area contributed by atoms with E-state index in [2.05, 4.69) is 26.8 Å². The van der Waals surface area contributed by atoms with E-state index in [0.29, 0.717) is 21.5 Å². The Kier molecular flexibility index (Phi) is 5.98. The summed E-state index contributed by atoms with van der Waals surface area (Å²) in [6.07, 6.45) is 7.88. The number of hydrogen-bond acceptors (Lipinski definition) is 6. The molecule has 2 rings (SSSR count). The number of halogens is 1. The number of H-pyrrole nitrogens is 2. The van der Waals surface area contributed by atoms with Crippen LogP contribution in [-0.2, 0) is 0 Å². The Balaban J connectivity index is 2.48. The minimum atomic E-state index is -1.09. The van der Waals surface area contributed by atoms with Crippen LogP contribution in [0.4, 0.5) is 5.69 Å². The largest absolute Gasteiger partial charge is 0.493 e. The summed E-state index contributed by atoms with van der Waals surface area (Å²) >= 11 is 3.33. The van der Waals surface area contributed by atoms with Crippen LogP contribution in [0.25, 0.3) is 12.2 Å². The molecule has 0 bridgehead atoms. The molecule has 10 heteroatoms. The van der Waals surface area contributed by atoms with Gasteiger partial charge in [0.05, 0.1) is 16.5 Å². The Labute approximate surface area is 154 Å². The second-order valence-corrected chi connectivity index (χ2v) is 5.64. The van der Waals surface area contributed by atoms with Crippen molar-refractivity contribution in [2.75, 3.05) is 13.7 Å².